The highest BCUT2D eigenvalue weighted by Gasteiger charge is 2.29. The standard InChI is InChI=1S/C24H34N6O6/c1-16-11-29(17(2)13-31)23(32)5-4-8-30-19(10-25-27-30)14-34-22(16)12-28(3)24(33)26-18-6-7-20-21(9-18)36-15-35-20/h6-7,9-10,16-17,22,31H,4-5,8,11-15H2,1-3H3,(H,26,33)/t16-,17-,22+/m1/s1. The van der Waals surface area contributed by atoms with E-state index in [9.17, 15) is 14.7 Å². The van der Waals surface area contributed by atoms with E-state index >= 15 is 0 Å². The lowest BCUT2D eigenvalue weighted by Crippen LogP contribution is -2.48. The number of nitrogens with zero attached hydrogens (tertiary/aromatic N) is 5. The van der Waals surface area contributed by atoms with Crippen molar-refractivity contribution in [2.75, 3.05) is 38.9 Å². The van der Waals surface area contributed by atoms with Crippen LogP contribution in [0.5, 0.6) is 11.5 Å². The smallest absolute Gasteiger partial charge is 0.321 e. The van der Waals surface area contributed by atoms with Gasteiger partial charge >= 0.3 is 6.03 Å². The van der Waals surface area contributed by atoms with Crippen molar-refractivity contribution >= 4 is 17.6 Å². The molecule has 0 unspecified atom stereocenters. The minimum absolute atomic E-state index is 0.0294. The normalized spacial score (nSPS) is 21.2. The minimum atomic E-state index is -0.388. The van der Waals surface area contributed by atoms with Crippen LogP contribution in [0.3, 0.4) is 0 Å². The third-order valence-corrected chi connectivity index (χ3v) is 6.56. The number of fused-ring (bicyclic) bond motifs is 2. The molecule has 2 N–H and O–H groups in total. The van der Waals surface area contributed by atoms with Crippen LogP contribution in [0.2, 0.25) is 0 Å². The maximum absolute atomic E-state index is 13.0. The van der Waals surface area contributed by atoms with Gasteiger partial charge in [-0.3, -0.25) is 4.79 Å². The summed E-state index contributed by atoms with van der Waals surface area (Å²) in [6.07, 6.45) is 2.23. The summed E-state index contributed by atoms with van der Waals surface area (Å²) in [6.45, 7) is 5.36. The lowest BCUT2D eigenvalue weighted by atomic mass is 10.0. The molecule has 2 aliphatic heterocycles. The van der Waals surface area contributed by atoms with Gasteiger partial charge in [0.1, 0.15) is 0 Å². The zero-order valence-corrected chi connectivity index (χ0v) is 20.9. The Kier molecular flexibility index (Phi) is 8.26. The van der Waals surface area contributed by atoms with Crippen molar-refractivity contribution in [3.63, 3.8) is 0 Å². The van der Waals surface area contributed by atoms with E-state index in [1.807, 2.05) is 13.8 Å². The maximum Gasteiger partial charge on any atom is 0.321 e. The first kappa shape index (κ1) is 25.7. The number of urea groups is 1. The number of nitrogens with one attached hydrogen (secondary N) is 1. The molecular weight excluding hydrogens is 468 g/mol. The molecule has 1 aromatic heterocycles. The number of benzene rings is 1. The molecule has 1 aromatic carbocycles. The van der Waals surface area contributed by atoms with Gasteiger partial charge in [-0.1, -0.05) is 12.1 Å². The van der Waals surface area contributed by atoms with Gasteiger partial charge < -0.3 is 34.4 Å². The molecule has 2 aliphatic rings. The van der Waals surface area contributed by atoms with Crippen LogP contribution in [0, 0.1) is 5.92 Å². The largest absolute Gasteiger partial charge is 0.454 e. The Bertz CT molecular complexity index is 1060. The quantitative estimate of drug-likeness (QED) is 0.632. The highest BCUT2D eigenvalue weighted by Crippen LogP contribution is 2.34. The Labute approximate surface area is 210 Å². The van der Waals surface area contributed by atoms with Crippen LogP contribution < -0.4 is 14.8 Å². The van der Waals surface area contributed by atoms with Gasteiger partial charge in [-0.15, -0.1) is 5.10 Å². The summed E-state index contributed by atoms with van der Waals surface area (Å²) >= 11 is 0. The zero-order chi connectivity index (χ0) is 25.7. The second kappa shape index (κ2) is 11.6. The lowest BCUT2D eigenvalue weighted by Gasteiger charge is -2.35. The summed E-state index contributed by atoms with van der Waals surface area (Å²) in [6, 6.07) is 4.59. The van der Waals surface area contributed by atoms with Gasteiger partial charge in [-0.05, 0) is 25.5 Å². The molecule has 12 nitrogen and oxygen atoms in total. The molecule has 3 heterocycles. The molecule has 0 saturated heterocycles. The molecule has 0 saturated carbocycles. The van der Waals surface area contributed by atoms with Gasteiger partial charge in [0.05, 0.1) is 37.3 Å². The van der Waals surface area contributed by atoms with Crippen molar-refractivity contribution in [3.8, 4) is 11.5 Å². The van der Waals surface area contributed by atoms with Gasteiger partial charge in [0.15, 0.2) is 11.5 Å². The van der Waals surface area contributed by atoms with Crippen LogP contribution in [0.1, 0.15) is 32.4 Å². The molecule has 0 bridgehead atoms. The Morgan fingerprint density at radius 3 is 2.94 bits per heavy atom. The van der Waals surface area contributed by atoms with E-state index in [2.05, 4.69) is 15.6 Å². The highest BCUT2D eigenvalue weighted by atomic mass is 16.7. The first-order chi connectivity index (χ1) is 17.4. The molecule has 12 heteroatoms. The van der Waals surface area contributed by atoms with Crippen molar-refractivity contribution in [3.05, 3.63) is 30.1 Å². The SMILES string of the molecule is C[C@@H]1CN([C@H](C)CO)C(=O)CCCn2nncc2CO[C@H]1CN(C)C(=O)Nc1ccc2c(c1)OCO2. The molecule has 4 rings (SSSR count). The van der Waals surface area contributed by atoms with Crippen molar-refractivity contribution in [2.24, 2.45) is 5.92 Å². The first-order valence-electron chi connectivity index (χ1n) is 12.2. The van der Waals surface area contributed by atoms with E-state index in [4.69, 9.17) is 14.2 Å². The number of carbonyl (C=O) groups is 2. The average Bonchev–Trinajstić information content (AvgIpc) is 3.52. The van der Waals surface area contributed by atoms with E-state index < -0.39 is 0 Å². The summed E-state index contributed by atoms with van der Waals surface area (Å²) in [5.41, 5.74) is 1.40. The van der Waals surface area contributed by atoms with Crippen molar-refractivity contribution in [1.29, 1.82) is 0 Å². The first-order valence-corrected chi connectivity index (χ1v) is 12.2. The molecule has 0 fully saturated rings. The van der Waals surface area contributed by atoms with E-state index in [-0.39, 0.29) is 56.6 Å². The maximum atomic E-state index is 13.0. The number of hydrogen-bond acceptors (Lipinski definition) is 8. The van der Waals surface area contributed by atoms with Crippen molar-refractivity contribution in [2.45, 2.75) is 52.0 Å². The number of rotatable bonds is 5. The predicted molar refractivity (Wildman–Crippen MR) is 129 cm³/mol. The number of anilines is 1. The topological polar surface area (TPSA) is 131 Å². The summed E-state index contributed by atoms with van der Waals surface area (Å²) in [7, 11) is 1.69. The number of carbonyl (C=O) groups excluding carboxylic acids is 2. The van der Waals surface area contributed by atoms with E-state index in [0.29, 0.717) is 43.1 Å². The van der Waals surface area contributed by atoms with Gasteiger partial charge in [-0.2, -0.15) is 0 Å². The molecule has 3 amide bonds. The Morgan fingerprint density at radius 2 is 2.14 bits per heavy atom. The highest BCUT2D eigenvalue weighted by molar-refractivity contribution is 5.89. The van der Waals surface area contributed by atoms with Gasteiger partial charge in [0.2, 0.25) is 12.7 Å². The number of aromatic nitrogens is 3. The van der Waals surface area contributed by atoms with Crippen LogP contribution in [0.25, 0.3) is 0 Å². The number of ether oxygens (including phenoxy) is 3. The minimum Gasteiger partial charge on any atom is -0.454 e. The molecule has 2 aromatic rings. The average molecular weight is 503 g/mol. The van der Waals surface area contributed by atoms with Crippen LogP contribution in [-0.2, 0) is 22.7 Å². The molecule has 0 radical (unpaired) electrons. The molecule has 196 valence electrons. The predicted octanol–water partition coefficient (Wildman–Crippen LogP) is 1.70. The molecule has 0 aliphatic carbocycles. The third kappa shape index (κ3) is 6.05. The lowest BCUT2D eigenvalue weighted by molar-refractivity contribution is -0.136. The van der Waals surface area contributed by atoms with Crippen molar-refractivity contribution < 1.29 is 28.9 Å². The van der Waals surface area contributed by atoms with Gasteiger partial charge in [0.25, 0.3) is 0 Å². The fourth-order valence-corrected chi connectivity index (χ4v) is 4.29. The van der Waals surface area contributed by atoms with Crippen LogP contribution in [-0.4, -0.2) is 87.5 Å². The van der Waals surface area contributed by atoms with Crippen LogP contribution >= 0.6 is 0 Å². The fourth-order valence-electron chi connectivity index (χ4n) is 4.29. The monoisotopic (exact) mass is 502 g/mol. The molecule has 36 heavy (non-hydrogen) atoms. The van der Waals surface area contributed by atoms with Crippen LogP contribution in [0.4, 0.5) is 10.5 Å². The zero-order valence-electron chi connectivity index (χ0n) is 20.9. The fraction of sp³-hybridized carbons (Fsp3) is 0.583. The molecule has 0 spiro atoms. The second-order valence-electron chi connectivity index (χ2n) is 9.34. The Hall–Kier alpha value is -3.38. The third-order valence-electron chi connectivity index (χ3n) is 6.56. The van der Waals surface area contributed by atoms with E-state index in [1.54, 1.807) is 45.9 Å². The summed E-state index contributed by atoms with van der Waals surface area (Å²) in [4.78, 5) is 29.2. The number of aryl methyl sites for hydroxylation is 1. The second-order valence-corrected chi connectivity index (χ2v) is 9.34. The summed E-state index contributed by atoms with van der Waals surface area (Å²) < 4.78 is 18.7. The number of amides is 3. The van der Waals surface area contributed by atoms with Gasteiger partial charge in [-0.25, -0.2) is 9.48 Å². The summed E-state index contributed by atoms with van der Waals surface area (Å²) in [5.74, 6) is 1.08. The molecule has 3 atom stereocenters. The van der Waals surface area contributed by atoms with Crippen LogP contribution in [0.15, 0.2) is 24.4 Å². The Balaban J connectivity index is 1.48. The van der Waals surface area contributed by atoms with Crippen molar-refractivity contribution in [1.82, 2.24) is 24.8 Å². The van der Waals surface area contributed by atoms with E-state index in [1.165, 1.54) is 0 Å². The molecular formula is C24H34N6O6. The summed E-state index contributed by atoms with van der Waals surface area (Å²) in [5, 5.41) is 20.7. The number of likely N-dealkylation sites (N-methyl/N-ethyl adjacent to an activating group) is 1. The number of hydrogen-bond donors (Lipinski definition) is 2. The van der Waals surface area contributed by atoms with E-state index in [0.717, 1.165) is 5.69 Å². The Morgan fingerprint density at radius 1 is 1.33 bits per heavy atom. The van der Waals surface area contributed by atoms with Gasteiger partial charge in [0, 0.05) is 50.8 Å². The number of aliphatic hydroxyl groups excluding tert-OH is 1. The number of aliphatic hydroxyl groups is 1.